The minimum Gasteiger partial charge on any atom is -0.507 e. The zero-order chi connectivity index (χ0) is 66.3. The summed E-state index contributed by atoms with van der Waals surface area (Å²) in [6, 6.07) is 6.77. The van der Waals surface area contributed by atoms with Crippen molar-refractivity contribution in [3.63, 3.8) is 0 Å². The number of carbonyl (C=O) groups is 5. The Morgan fingerprint density at radius 3 is 2.29 bits per heavy atom. The van der Waals surface area contributed by atoms with Crippen LogP contribution in [-0.4, -0.2) is 189 Å². The van der Waals surface area contributed by atoms with Crippen molar-refractivity contribution < 1.29 is 107 Å². The molecule has 10 aliphatic rings. The molecule has 3 saturated heterocycles. The summed E-state index contributed by atoms with van der Waals surface area (Å²) in [6.45, 7) is 5.82. The monoisotopic (exact) mass is 1300 g/mol. The molecule has 1 spiro atoms. The molecular formula is C66H72N4O22S. The van der Waals surface area contributed by atoms with Crippen LogP contribution >= 0.6 is 11.8 Å². The third-order valence-electron chi connectivity index (χ3n) is 20.1. The molecule has 0 amide bonds. The molecule has 5 aromatic rings. The van der Waals surface area contributed by atoms with Crippen molar-refractivity contribution >= 4 is 41.1 Å². The second kappa shape index (κ2) is 23.6. The van der Waals surface area contributed by atoms with E-state index in [4.69, 9.17) is 48.4 Å². The van der Waals surface area contributed by atoms with Crippen LogP contribution in [-0.2, 0) is 53.4 Å². The number of ketones is 3. The van der Waals surface area contributed by atoms with Gasteiger partial charge in [0.05, 0.1) is 79.7 Å². The highest BCUT2D eigenvalue weighted by Gasteiger charge is 2.62. The first-order valence-corrected chi connectivity index (χ1v) is 31.5. The number of aryl methyl sites for hydroxylation is 1. The summed E-state index contributed by atoms with van der Waals surface area (Å²) in [7, 11) is 6.28. The van der Waals surface area contributed by atoms with Gasteiger partial charge in [0, 0.05) is 89.5 Å². The lowest BCUT2D eigenvalue weighted by Crippen LogP contribution is -2.70. The Labute approximate surface area is 536 Å². The summed E-state index contributed by atoms with van der Waals surface area (Å²) in [5, 5.41) is 91.9. The van der Waals surface area contributed by atoms with Crippen LogP contribution in [0.1, 0.15) is 138 Å². The number of nitrogens with two attached hydrogens (primary N) is 1. The van der Waals surface area contributed by atoms with Gasteiger partial charge in [0.1, 0.15) is 48.0 Å². The Bertz CT molecular complexity index is 4000. The Balaban J connectivity index is 0.000000179. The van der Waals surface area contributed by atoms with Crippen molar-refractivity contribution in [1.82, 2.24) is 15.1 Å². The minimum absolute atomic E-state index is 0.0173. The highest BCUT2D eigenvalue weighted by molar-refractivity contribution is 7.99. The van der Waals surface area contributed by atoms with Gasteiger partial charge in [0.2, 0.25) is 12.6 Å². The van der Waals surface area contributed by atoms with Gasteiger partial charge in [-0.25, -0.2) is 4.79 Å². The summed E-state index contributed by atoms with van der Waals surface area (Å²) in [5.74, 6) is -2.83. The number of ether oxygens (including phenoxy) is 9. The SMILES string of the molecule is COc1cc2c(cc1O)CCN[C@]21CS[C@H]2c3c(OC(C)=O)c(C)c4c(c3[C@H](COC1=O)N1[C@@H]2[C@@H]2c3c(cc(C)c(OC)c3O)CC([C@@H]1O)N2C)OCO4.COc1cccc2c1C(=O)c1c(O)c3c(c(O)c1C2=O)C[C@@](O)(C(=O)CO)C[C@@H]3O[C@H]1C[C@H](N)[C@H](O)[C@H](C)O1. The van der Waals surface area contributed by atoms with Gasteiger partial charge in [-0.1, -0.05) is 18.2 Å². The molecule has 8 heterocycles. The Morgan fingerprint density at radius 2 is 1.59 bits per heavy atom. The van der Waals surface area contributed by atoms with Crippen LogP contribution in [0.3, 0.4) is 0 Å². The molecule has 4 bridgehead atoms. The number of thioether (sulfide) groups is 1. The summed E-state index contributed by atoms with van der Waals surface area (Å²) in [5.41, 5.74) is 6.73. The smallest absolute Gasteiger partial charge is 0.331 e. The van der Waals surface area contributed by atoms with E-state index in [1.165, 1.54) is 58.2 Å². The summed E-state index contributed by atoms with van der Waals surface area (Å²) >= 11 is 1.47. The third kappa shape index (κ3) is 9.70. The summed E-state index contributed by atoms with van der Waals surface area (Å²) in [4.78, 5) is 71.4. The van der Waals surface area contributed by atoms with E-state index >= 15 is 0 Å². The largest absolute Gasteiger partial charge is 0.507 e. The van der Waals surface area contributed by atoms with Crippen LogP contribution in [0, 0.1) is 13.8 Å². The zero-order valence-corrected chi connectivity index (χ0v) is 52.9. The van der Waals surface area contributed by atoms with Crippen LogP contribution in [0.15, 0.2) is 36.4 Å². The molecule has 26 nitrogen and oxygen atoms in total. The lowest BCUT2D eigenvalue weighted by molar-refractivity contribution is -0.247. The molecule has 8 aliphatic heterocycles. The van der Waals surface area contributed by atoms with E-state index in [2.05, 4.69) is 10.2 Å². The number of likely N-dealkylation sites (N-methyl/N-ethyl adjacent to an activating group) is 1. The number of nitrogens with one attached hydrogen (secondary N) is 1. The quantitative estimate of drug-likeness (QED) is 0.0593. The topological polar surface area (TPSA) is 375 Å². The number of aliphatic hydroxyl groups is 4. The molecule has 0 aromatic heterocycles. The Kier molecular flexibility index (Phi) is 16.2. The zero-order valence-electron chi connectivity index (χ0n) is 52.1. The molecule has 0 saturated carbocycles. The molecule has 0 radical (unpaired) electrons. The maximum atomic E-state index is 14.7. The fraction of sp³-hybridized carbons (Fsp3) is 0.470. The molecule has 93 heavy (non-hydrogen) atoms. The fourth-order valence-electron chi connectivity index (χ4n) is 15.7. The number of rotatable bonds is 8. The second-order valence-electron chi connectivity index (χ2n) is 25.1. The first kappa shape index (κ1) is 63.9. The van der Waals surface area contributed by atoms with Gasteiger partial charge in [-0.2, -0.15) is 0 Å². The van der Waals surface area contributed by atoms with E-state index in [1.54, 1.807) is 19.1 Å². The standard InChI is InChI=1S/C39H43N3O11S.C27H29NO11/c1-16-9-20-10-22-37(46)42-23-13-50-38(47)39(21-12-25(48-5)24(44)11-19(21)7-8-40-39)14-54-36(30(42)29(41(22)4)26(20)31(45)32(16)49-6)28-27(23)35-34(51-15-52-35)17(2)33(28)53-18(3)43;1-10-22(31)13(28)6-17(38-10)39-15-8-27(36,16(30)9-29)7-12-19(15)26(35)21-20(24(12)33)23(32)11-4-3-5-14(37-2)18(11)25(21)34/h9,11-12,22-23,29-30,36-37,40,44-46H,7-8,10,13-15H2,1-6H3;3-5,10,13,15,17,22,29,31,33,35-36H,6-9,28H2,1-2H3/t22?,23-,29-,30+,36-,37-,39+;10-,13-,15-,17-,22+,27-/m00/s1. The third-order valence-corrected chi connectivity index (χ3v) is 21.5. The molecule has 494 valence electrons. The van der Waals surface area contributed by atoms with Crippen LogP contribution in [0.5, 0.6) is 57.5 Å². The van der Waals surface area contributed by atoms with Crippen molar-refractivity contribution in [3.05, 3.63) is 114 Å². The first-order chi connectivity index (χ1) is 44.3. The van der Waals surface area contributed by atoms with Crippen LogP contribution in [0.4, 0.5) is 0 Å². The van der Waals surface area contributed by atoms with E-state index in [1.807, 2.05) is 31.9 Å². The van der Waals surface area contributed by atoms with Crippen LogP contribution in [0.2, 0.25) is 0 Å². The maximum absolute atomic E-state index is 14.7. The van der Waals surface area contributed by atoms with Crippen molar-refractivity contribution in [3.8, 4) is 57.5 Å². The van der Waals surface area contributed by atoms with E-state index < -0.39 is 143 Å². The number of aromatic hydroxyl groups is 4. The highest BCUT2D eigenvalue weighted by Crippen LogP contribution is 2.65. The number of hydrogen-bond acceptors (Lipinski definition) is 27. The lowest BCUT2D eigenvalue weighted by Gasteiger charge is -2.62. The van der Waals surface area contributed by atoms with Crippen LogP contribution < -0.4 is 39.5 Å². The number of esters is 2. The van der Waals surface area contributed by atoms with Gasteiger partial charge in [-0.05, 0) is 81.1 Å². The molecule has 3 fully saturated rings. The number of fused-ring (bicyclic) bond motifs is 12. The number of aliphatic hydroxyl groups excluding tert-OH is 3. The van der Waals surface area contributed by atoms with E-state index in [0.29, 0.717) is 70.2 Å². The van der Waals surface area contributed by atoms with E-state index in [0.717, 1.165) is 16.7 Å². The molecule has 27 heteroatoms. The van der Waals surface area contributed by atoms with Crippen molar-refractivity contribution in [1.29, 1.82) is 0 Å². The molecule has 15 rings (SSSR count). The van der Waals surface area contributed by atoms with Crippen LogP contribution in [0.25, 0.3) is 0 Å². The van der Waals surface area contributed by atoms with Gasteiger partial charge in [-0.15, -0.1) is 11.8 Å². The number of carbonyl (C=O) groups excluding carboxylic acids is 5. The number of phenolic OH excluding ortho intramolecular Hbond substituents is 4. The average Bonchev–Trinajstić information content (AvgIpc) is 1.000. The molecular weight excluding hydrogens is 1230 g/mol. The highest BCUT2D eigenvalue weighted by atomic mass is 32.2. The average molecular weight is 1310 g/mol. The lowest BCUT2D eigenvalue weighted by atomic mass is 9.72. The summed E-state index contributed by atoms with van der Waals surface area (Å²) < 4.78 is 52.9. The summed E-state index contributed by atoms with van der Waals surface area (Å²) in [6.07, 6.45) is -5.15. The maximum Gasteiger partial charge on any atom is 0.331 e. The van der Waals surface area contributed by atoms with Gasteiger partial charge in [0.25, 0.3) is 0 Å². The van der Waals surface area contributed by atoms with Gasteiger partial charge in [-0.3, -0.25) is 34.3 Å². The van der Waals surface area contributed by atoms with E-state index in [9.17, 15) is 64.8 Å². The number of Topliss-reactive ketones (excluding diaryl/α,β-unsaturated/α-hetero) is 1. The molecule has 11 N–H and O–H groups in total. The Hall–Kier alpha value is -7.80. The van der Waals surface area contributed by atoms with Gasteiger partial charge < -0.3 is 89.2 Å². The van der Waals surface area contributed by atoms with E-state index in [-0.39, 0.29) is 76.9 Å². The molecule has 5 aromatic carbocycles. The van der Waals surface area contributed by atoms with Gasteiger partial charge >= 0.3 is 11.9 Å². The Morgan fingerprint density at radius 1 is 0.860 bits per heavy atom. The predicted octanol–water partition coefficient (Wildman–Crippen LogP) is 3.41. The van der Waals surface area contributed by atoms with Crippen molar-refractivity contribution in [2.45, 2.75) is 137 Å². The number of nitrogens with zero attached hydrogens (tertiary/aromatic N) is 2. The van der Waals surface area contributed by atoms with Crippen molar-refractivity contribution in [2.75, 3.05) is 60.7 Å². The second-order valence-corrected chi connectivity index (χ2v) is 26.2. The first-order valence-electron chi connectivity index (χ1n) is 30.5. The fourth-order valence-corrected chi connectivity index (χ4v) is 17.4. The number of piperazine rings is 1. The van der Waals surface area contributed by atoms with Gasteiger partial charge in [0.15, 0.2) is 57.9 Å². The number of benzene rings is 5. The normalized spacial score (nSPS) is 29.6. The molecule has 13 atom stereocenters. The predicted molar refractivity (Wildman–Crippen MR) is 326 cm³/mol. The van der Waals surface area contributed by atoms with Crippen molar-refractivity contribution in [2.24, 2.45) is 5.73 Å². The number of hydrogen-bond donors (Lipinski definition) is 10. The number of methoxy groups -OCH3 is 3. The molecule has 2 aliphatic carbocycles. The minimum atomic E-state index is -2.24. The molecule has 1 unspecified atom stereocenters. The number of phenols is 4.